The number of carbonyl (C=O) groups is 2. The third-order valence-corrected chi connectivity index (χ3v) is 3.07. The van der Waals surface area contributed by atoms with Gasteiger partial charge in [0, 0.05) is 25.9 Å². The van der Waals surface area contributed by atoms with Crippen LogP contribution in [0.5, 0.6) is 5.75 Å². The van der Waals surface area contributed by atoms with E-state index >= 15 is 0 Å². The molecule has 0 heterocycles. The molecule has 0 bridgehead atoms. The van der Waals surface area contributed by atoms with Crippen molar-refractivity contribution in [3.8, 4) is 5.75 Å². The van der Waals surface area contributed by atoms with Crippen LogP contribution in [0.3, 0.4) is 0 Å². The van der Waals surface area contributed by atoms with Crippen molar-refractivity contribution in [2.45, 2.75) is 40.2 Å². The van der Waals surface area contributed by atoms with Gasteiger partial charge >= 0.3 is 0 Å². The van der Waals surface area contributed by atoms with E-state index in [4.69, 9.17) is 4.74 Å². The summed E-state index contributed by atoms with van der Waals surface area (Å²) in [5, 5.41) is 2.83. The van der Waals surface area contributed by atoms with Gasteiger partial charge in [0.25, 0.3) is 0 Å². The van der Waals surface area contributed by atoms with Crippen LogP contribution in [0.2, 0.25) is 0 Å². The summed E-state index contributed by atoms with van der Waals surface area (Å²) in [7, 11) is 0. The first kappa shape index (κ1) is 17.0. The van der Waals surface area contributed by atoms with Crippen molar-refractivity contribution in [2.24, 2.45) is 0 Å². The second-order valence-corrected chi connectivity index (χ2v) is 5.03. The number of hydrogen-bond donors (Lipinski definition) is 1. The van der Waals surface area contributed by atoms with Gasteiger partial charge in [-0.25, -0.2) is 0 Å². The topological polar surface area (TPSA) is 58.6 Å². The molecule has 0 spiro atoms. The molecule has 0 aliphatic heterocycles. The molecule has 0 unspecified atom stereocenters. The fourth-order valence-electron chi connectivity index (χ4n) is 2.07. The summed E-state index contributed by atoms with van der Waals surface area (Å²) in [5.41, 5.74) is 0.656. The van der Waals surface area contributed by atoms with Crippen LogP contribution in [0.15, 0.2) is 24.3 Å². The number of rotatable bonds is 7. The number of para-hydroxylation sites is 2. The van der Waals surface area contributed by atoms with Crippen molar-refractivity contribution in [3.63, 3.8) is 0 Å². The maximum atomic E-state index is 12.0. The third-order valence-electron chi connectivity index (χ3n) is 3.07. The van der Waals surface area contributed by atoms with E-state index in [2.05, 4.69) is 5.32 Å². The van der Waals surface area contributed by atoms with E-state index < -0.39 is 0 Å². The smallest absolute Gasteiger partial charge is 0.226 e. The van der Waals surface area contributed by atoms with E-state index in [1.54, 1.807) is 11.0 Å². The minimum absolute atomic E-state index is 0.0208. The van der Waals surface area contributed by atoms with Crippen LogP contribution >= 0.6 is 0 Å². The number of benzene rings is 1. The minimum atomic E-state index is -0.131. The van der Waals surface area contributed by atoms with Crippen LogP contribution in [-0.4, -0.2) is 35.9 Å². The Hall–Kier alpha value is -2.04. The molecule has 2 amide bonds. The molecule has 1 aromatic carbocycles. The lowest BCUT2D eigenvalue weighted by atomic mass is 10.2. The van der Waals surface area contributed by atoms with Crippen LogP contribution in [0.25, 0.3) is 0 Å². The summed E-state index contributed by atoms with van der Waals surface area (Å²) in [5.74, 6) is 0.502. The summed E-state index contributed by atoms with van der Waals surface area (Å²) in [6, 6.07) is 7.40. The van der Waals surface area contributed by atoms with Gasteiger partial charge in [0.15, 0.2) is 0 Å². The summed E-state index contributed by atoms with van der Waals surface area (Å²) < 4.78 is 5.46. The van der Waals surface area contributed by atoms with E-state index in [0.29, 0.717) is 24.6 Å². The van der Waals surface area contributed by atoms with Gasteiger partial charge in [-0.3, -0.25) is 9.59 Å². The van der Waals surface area contributed by atoms with E-state index in [1.165, 1.54) is 6.92 Å². The molecule has 1 rings (SSSR count). The van der Waals surface area contributed by atoms with Crippen LogP contribution in [-0.2, 0) is 9.59 Å². The van der Waals surface area contributed by atoms with E-state index in [1.807, 2.05) is 39.0 Å². The van der Waals surface area contributed by atoms with Crippen LogP contribution in [0, 0.1) is 0 Å². The lowest BCUT2D eigenvalue weighted by Gasteiger charge is -2.25. The lowest BCUT2D eigenvalue weighted by molar-refractivity contribution is -0.130. The summed E-state index contributed by atoms with van der Waals surface area (Å²) >= 11 is 0. The highest BCUT2D eigenvalue weighted by molar-refractivity contribution is 5.92. The molecule has 0 saturated carbocycles. The molecule has 21 heavy (non-hydrogen) atoms. The molecule has 1 aromatic rings. The Bertz CT molecular complexity index is 486. The van der Waals surface area contributed by atoms with Gasteiger partial charge in [-0.05, 0) is 32.9 Å². The molecule has 5 heteroatoms. The van der Waals surface area contributed by atoms with Crippen molar-refractivity contribution in [2.75, 3.05) is 18.5 Å². The molecule has 0 aromatic heterocycles. The van der Waals surface area contributed by atoms with Crippen LogP contribution < -0.4 is 10.1 Å². The number of nitrogens with one attached hydrogen (secondary N) is 1. The maximum Gasteiger partial charge on any atom is 0.226 e. The predicted molar refractivity (Wildman–Crippen MR) is 83.4 cm³/mol. The van der Waals surface area contributed by atoms with Crippen LogP contribution in [0.1, 0.15) is 34.1 Å². The van der Waals surface area contributed by atoms with E-state index in [0.717, 1.165) is 0 Å². The Balaban J connectivity index is 2.60. The van der Waals surface area contributed by atoms with Crippen molar-refractivity contribution >= 4 is 17.5 Å². The van der Waals surface area contributed by atoms with Gasteiger partial charge in [0.2, 0.25) is 11.8 Å². The van der Waals surface area contributed by atoms with Crippen LogP contribution in [0.4, 0.5) is 5.69 Å². The Morgan fingerprint density at radius 1 is 1.29 bits per heavy atom. The highest BCUT2D eigenvalue weighted by Crippen LogP contribution is 2.23. The minimum Gasteiger partial charge on any atom is -0.492 e. The quantitative estimate of drug-likeness (QED) is 0.840. The first-order valence-corrected chi connectivity index (χ1v) is 7.24. The predicted octanol–water partition coefficient (Wildman–Crippen LogP) is 2.67. The van der Waals surface area contributed by atoms with Gasteiger partial charge in [-0.15, -0.1) is 0 Å². The number of nitrogens with zero attached hydrogens (tertiary/aromatic N) is 1. The summed E-state index contributed by atoms with van der Waals surface area (Å²) in [4.78, 5) is 25.2. The number of hydrogen-bond acceptors (Lipinski definition) is 3. The molecule has 5 nitrogen and oxygen atoms in total. The molecule has 0 radical (unpaired) electrons. The SMILES string of the molecule is CCOc1ccccc1NC(=O)CCN(C(C)=O)C(C)C. The first-order valence-electron chi connectivity index (χ1n) is 7.24. The van der Waals surface area contributed by atoms with E-state index in [-0.39, 0.29) is 24.3 Å². The fraction of sp³-hybridized carbons (Fsp3) is 0.500. The normalized spacial score (nSPS) is 10.3. The fourth-order valence-corrected chi connectivity index (χ4v) is 2.07. The standard InChI is InChI=1S/C16H24N2O3/c1-5-21-15-9-7-6-8-14(15)17-16(20)10-11-18(12(2)3)13(4)19/h6-9,12H,5,10-11H2,1-4H3,(H,17,20). The van der Waals surface area contributed by atoms with Gasteiger partial charge < -0.3 is 15.0 Å². The molecule has 0 aliphatic carbocycles. The van der Waals surface area contributed by atoms with Gasteiger partial charge in [0.05, 0.1) is 12.3 Å². The van der Waals surface area contributed by atoms with Gasteiger partial charge in [0.1, 0.15) is 5.75 Å². The molecule has 1 N–H and O–H groups in total. The Kier molecular flexibility index (Phi) is 6.72. The Labute approximate surface area is 126 Å². The van der Waals surface area contributed by atoms with E-state index in [9.17, 15) is 9.59 Å². The average Bonchev–Trinajstić information content (AvgIpc) is 2.40. The lowest BCUT2D eigenvalue weighted by Crippen LogP contribution is -2.37. The highest BCUT2D eigenvalue weighted by atomic mass is 16.5. The summed E-state index contributed by atoms with van der Waals surface area (Å²) in [6.07, 6.45) is 0.262. The Morgan fingerprint density at radius 3 is 2.52 bits per heavy atom. The van der Waals surface area contributed by atoms with Crippen molar-refractivity contribution in [1.82, 2.24) is 4.90 Å². The van der Waals surface area contributed by atoms with Crippen molar-refractivity contribution < 1.29 is 14.3 Å². The average molecular weight is 292 g/mol. The number of anilines is 1. The zero-order chi connectivity index (χ0) is 15.8. The Morgan fingerprint density at radius 2 is 1.95 bits per heavy atom. The number of ether oxygens (including phenoxy) is 1. The molecule has 0 atom stereocenters. The zero-order valence-corrected chi connectivity index (χ0v) is 13.2. The number of carbonyl (C=O) groups excluding carboxylic acids is 2. The highest BCUT2D eigenvalue weighted by Gasteiger charge is 2.15. The third kappa shape index (κ3) is 5.45. The molecular weight excluding hydrogens is 268 g/mol. The molecule has 0 saturated heterocycles. The first-order chi connectivity index (χ1) is 9.95. The molecule has 0 aliphatic rings. The second kappa shape index (κ2) is 8.29. The van der Waals surface area contributed by atoms with Gasteiger partial charge in [-0.2, -0.15) is 0 Å². The van der Waals surface area contributed by atoms with Crippen molar-refractivity contribution in [1.29, 1.82) is 0 Å². The van der Waals surface area contributed by atoms with Crippen molar-refractivity contribution in [3.05, 3.63) is 24.3 Å². The summed E-state index contributed by atoms with van der Waals surface area (Å²) in [6.45, 7) is 8.23. The molecular formula is C16H24N2O3. The zero-order valence-electron chi connectivity index (χ0n) is 13.2. The number of amides is 2. The van der Waals surface area contributed by atoms with Gasteiger partial charge in [-0.1, -0.05) is 12.1 Å². The largest absolute Gasteiger partial charge is 0.492 e. The maximum absolute atomic E-state index is 12.0. The molecule has 0 fully saturated rings. The molecule has 116 valence electrons. The second-order valence-electron chi connectivity index (χ2n) is 5.03. The monoisotopic (exact) mass is 292 g/mol.